The summed E-state index contributed by atoms with van der Waals surface area (Å²) in [6.45, 7) is 0. The molecule has 0 bridgehead atoms. The van der Waals surface area contributed by atoms with E-state index < -0.39 is 114 Å². The molecular formula is C30H15ClF14O7S. The summed E-state index contributed by atoms with van der Waals surface area (Å²) in [6, 6.07) is 9.55. The lowest BCUT2D eigenvalue weighted by atomic mass is 9.90. The zero-order valence-corrected chi connectivity index (χ0v) is 26.7. The molecule has 0 aliphatic carbocycles. The van der Waals surface area contributed by atoms with Crippen LogP contribution in [-0.2, 0) is 19.7 Å². The van der Waals surface area contributed by atoms with Crippen molar-refractivity contribution in [2.45, 2.75) is 53.8 Å². The number of hydrogen-bond acceptors (Lipinski definition) is 6. The molecule has 0 amide bonds. The fraction of sp³-hybridized carbons (Fsp3) is 0.267. The number of alkyl halides is 14. The van der Waals surface area contributed by atoms with Crippen LogP contribution in [0.2, 0.25) is 5.02 Å². The molecular weight excluding hydrogens is 806 g/mol. The SMILES string of the molecule is O=C(CC(=O)C(F)(F)C(F)(F)C(F)(F)F)c1ccc(-c2ccc(C(=O)CC(=O)C(F)(F)C(F)(F)C(F)(F)F)c(Cl)c2S(=O)(=O)O)c(-c2ccccc2)c1. The first-order valence-corrected chi connectivity index (χ1v) is 15.4. The highest BCUT2D eigenvalue weighted by Crippen LogP contribution is 2.49. The molecule has 0 aliphatic rings. The zero-order valence-electron chi connectivity index (χ0n) is 25.2. The first kappa shape index (κ1) is 43.0. The van der Waals surface area contributed by atoms with E-state index in [2.05, 4.69) is 0 Å². The second kappa shape index (κ2) is 14.1. The van der Waals surface area contributed by atoms with Gasteiger partial charge in [-0.1, -0.05) is 60.1 Å². The van der Waals surface area contributed by atoms with Crippen LogP contribution in [0.4, 0.5) is 61.5 Å². The minimum absolute atomic E-state index is 0.0339. The van der Waals surface area contributed by atoms with E-state index in [1.807, 2.05) is 0 Å². The van der Waals surface area contributed by atoms with E-state index in [1.54, 1.807) is 0 Å². The molecule has 3 aromatic carbocycles. The van der Waals surface area contributed by atoms with Crippen molar-refractivity contribution >= 4 is 44.9 Å². The Bertz CT molecular complexity index is 2080. The van der Waals surface area contributed by atoms with E-state index in [1.165, 1.54) is 30.3 Å². The van der Waals surface area contributed by atoms with Crippen LogP contribution >= 0.6 is 11.6 Å². The van der Waals surface area contributed by atoms with Gasteiger partial charge in [0.1, 0.15) is 4.90 Å². The van der Waals surface area contributed by atoms with Gasteiger partial charge in [0.15, 0.2) is 11.6 Å². The predicted octanol–water partition coefficient (Wildman–Crippen LogP) is 8.87. The van der Waals surface area contributed by atoms with Crippen LogP contribution in [0.15, 0.2) is 65.6 Å². The number of carbonyl (C=O) groups excluding carboxylic acids is 4. The number of carbonyl (C=O) groups is 4. The van der Waals surface area contributed by atoms with Gasteiger partial charge in [0, 0.05) is 16.7 Å². The number of rotatable bonds is 13. The second-order valence-corrected chi connectivity index (χ2v) is 12.5. The monoisotopic (exact) mass is 820 g/mol. The smallest absolute Gasteiger partial charge is 0.294 e. The quantitative estimate of drug-likeness (QED) is 0.0792. The van der Waals surface area contributed by atoms with Crippen LogP contribution in [-0.4, -0.2) is 72.1 Å². The van der Waals surface area contributed by atoms with Crippen LogP contribution < -0.4 is 0 Å². The summed E-state index contributed by atoms with van der Waals surface area (Å²) in [5.41, 5.74) is -3.72. The van der Waals surface area contributed by atoms with E-state index in [-0.39, 0.29) is 11.1 Å². The highest BCUT2D eigenvalue weighted by Gasteiger charge is 2.76. The van der Waals surface area contributed by atoms with Crippen molar-refractivity contribution in [2.24, 2.45) is 0 Å². The third-order valence-corrected chi connectivity index (χ3v) is 8.66. The van der Waals surface area contributed by atoms with E-state index in [9.17, 15) is 93.6 Å². The Morgan fingerprint density at radius 1 is 0.585 bits per heavy atom. The number of benzene rings is 3. The minimum atomic E-state index is -6.97. The van der Waals surface area contributed by atoms with Gasteiger partial charge in [-0.3, -0.25) is 23.7 Å². The van der Waals surface area contributed by atoms with Gasteiger partial charge >= 0.3 is 36.0 Å². The molecule has 0 saturated heterocycles. The van der Waals surface area contributed by atoms with Gasteiger partial charge in [-0.05, 0) is 28.8 Å². The molecule has 0 saturated carbocycles. The Morgan fingerprint density at radius 2 is 1.02 bits per heavy atom. The van der Waals surface area contributed by atoms with Crippen molar-refractivity contribution in [3.63, 3.8) is 0 Å². The average molecular weight is 821 g/mol. The van der Waals surface area contributed by atoms with E-state index in [4.69, 9.17) is 11.6 Å². The molecule has 288 valence electrons. The van der Waals surface area contributed by atoms with Crippen LogP contribution in [0, 0.1) is 0 Å². The lowest BCUT2D eigenvalue weighted by Crippen LogP contribution is -2.56. The first-order chi connectivity index (χ1) is 23.8. The standard InChI is InChI=1S/C30H15ClF14O7S/c31-23-17(20(47)12-22(49)26(34,35)28(38,39)30(43,44)45)9-8-16(24(23)53(50,51)52)15-7-6-14(10-18(15)13-4-2-1-3-5-13)19(46)11-21(48)25(32,33)27(36,37)29(40,41)42/h1-10H,11-12H2,(H,50,51,52). The normalized spacial score (nSPS) is 13.5. The van der Waals surface area contributed by atoms with Gasteiger partial charge in [0.2, 0.25) is 11.6 Å². The molecule has 3 aromatic rings. The molecule has 0 fully saturated rings. The summed E-state index contributed by atoms with van der Waals surface area (Å²) in [5.74, 6) is -37.0. The second-order valence-electron chi connectivity index (χ2n) is 10.7. The van der Waals surface area contributed by atoms with Gasteiger partial charge in [0.25, 0.3) is 10.1 Å². The maximum atomic E-state index is 13.9. The van der Waals surface area contributed by atoms with Crippen molar-refractivity contribution in [3.05, 3.63) is 76.8 Å². The Morgan fingerprint density at radius 3 is 1.45 bits per heavy atom. The third-order valence-electron chi connectivity index (χ3n) is 7.22. The van der Waals surface area contributed by atoms with E-state index in [0.717, 1.165) is 6.07 Å². The summed E-state index contributed by atoms with van der Waals surface area (Å²) in [7, 11) is -5.70. The molecule has 23 heteroatoms. The van der Waals surface area contributed by atoms with Crippen LogP contribution in [0.3, 0.4) is 0 Å². The fourth-order valence-electron chi connectivity index (χ4n) is 4.46. The molecule has 3 rings (SSSR count). The van der Waals surface area contributed by atoms with Crippen molar-refractivity contribution in [2.75, 3.05) is 0 Å². The van der Waals surface area contributed by atoms with Crippen molar-refractivity contribution in [1.82, 2.24) is 0 Å². The molecule has 0 atom stereocenters. The lowest BCUT2D eigenvalue weighted by molar-refractivity contribution is -0.343. The molecule has 0 aliphatic heterocycles. The molecule has 0 radical (unpaired) electrons. The van der Waals surface area contributed by atoms with Crippen LogP contribution in [0.1, 0.15) is 33.6 Å². The predicted molar refractivity (Wildman–Crippen MR) is 152 cm³/mol. The number of ketones is 4. The zero-order chi connectivity index (χ0) is 40.9. The Labute approximate surface area is 291 Å². The molecule has 0 heterocycles. The molecule has 0 unspecified atom stereocenters. The summed E-state index contributed by atoms with van der Waals surface area (Å²) in [4.78, 5) is 47.5. The van der Waals surface area contributed by atoms with Gasteiger partial charge in [-0.15, -0.1) is 0 Å². The number of halogens is 15. The largest absolute Gasteiger partial charge is 0.460 e. The Kier molecular flexibility index (Phi) is 11.4. The fourth-order valence-corrected chi connectivity index (χ4v) is 5.82. The maximum Gasteiger partial charge on any atom is 0.460 e. The van der Waals surface area contributed by atoms with Crippen molar-refractivity contribution < 1.29 is 93.6 Å². The summed E-state index contributed by atoms with van der Waals surface area (Å²) >= 11 is 5.96. The van der Waals surface area contributed by atoms with E-state index >= 15 is 0 Å². The van der Waals surface area contributed by atoms with Crippen LogP contribution in [0.25, 0.3) is 22.3 Å². The number of Topliss-reactive ketones (excluding diaryl/α,β-unsaturated/α-hetero) is 4. The molecule has 0 spiro atoms. The Hall–Kier alpha value is -4.44. The minimum Gasteiger partial charge on any atom is -0.294 e. The van der Waals surface area contributed by atoms with Crippen molar-refractivity contribution in [3.8, 4) is 22.3 Å². The van der Waals surface area contributed by atoms with Gasteiger partial charge in [-0.2, -0.15) is 69.9 Å². The van der Waals surface area contributed by atoms with Gasteiger partial charge in [-0.25, -0.2) is 0 Å². The maximum absolute atomic E-state index is 13.9. The van der Waals surface area contributed by atoms with E-state index in [0.29, 0.717) is 24.3 Å². The summed E-state index contributed by atoms with van der Waals surface area (Å²) in [5, 5.41) is -1.41. The van der Waals surface area contributed by atoms with Gasteiger partial charge in [0.05, 0.1) is 17.9 Å². The molecule has 53 heavy (non-hydrogen) atoms. The summed E-state index contributed by atoms with van der Waals surface area (Å²) < 4.78 is 219. The van der Waals surface area contributed by atoms with Crippen molar-refractivity contribution in [1.29, 1.82) is 0 Å². The number of hydrogen-bond donors (Lipinski definition) is 1. The summed E-state index contributed by atoms with van der Waals surface area (Å²) in [6.07, 6.45) is -18.5. The van der Waals surface area contributed by atoms with Gasteiger partial charge < -0.3 is 0 Å². The highest BCUT2D eigenvalue weighted by molar-refractivity contribution is 7.86. The Balaban J connectivity index is 2.17. The average Bonchev–Trinajstić information content (AvgIpc) is 3.02. The molecule has 7 nitrogen and oxygen atoms in total. The molecule has 1 N–H and O–H groups in total. The van der Waals surface area contributed by atoms with Crippen LogP contribution in [0.5, 0.6) is 0 Å². The topological polar surface area (TPSA) is 123 Å². The first-order valence-electron chi connectivity index (χ1n) is 13.6. The molecule has 0 aromatic heterocycles. The highest BCUT2D eigenvalue weighted by atomic mass is 35.5. The third kappa shape index (κ3) is 7.93. The lowest BCUT2D eigenvalue weighted by Gasteiger charge is -2.26.